The zero-order valence-electron chi connectivity index (χ0n) is 14.1. The second-order valence-corrected chi connectivity index (χ2v) is 6.84. The molecule has 2 aliphatic rings. The topological polar surface area (TPSA) is 68.2 Å². The molecule has 2 fully saturated rings. The molecule has 6 heteroatoms. The van der Waals surface area contributed by atoms with Crippen molar-refractivity contribution in [3.8, 4) is 0 Å². The van der Waals surface area contributed by atoms with Crippen molar-refractivity contribution in [1.29, 1.82) is 0 Å². The number of aromatic nitrogens is 2. The Balaban J connectivity index is 1.54. The van der Waals surface area contributed by atoms with E-state index in [1.165, 1.54) is 19.3 Å². The number of nitrogens with zero attached hydrogens (tertiary/aromatic N) is 2. The molecule has 23 heavy (non-hydrogen) atoms. The van der Waals surface area contributed by atoms with Gasteiger partial charge in [0.25, 0.3) is 0 Å². The van der Waals surface area contributed by atoms with Gasteiger partial charge < -0.3 is 19.9 Å². The second kappa shape index (κ2) is 7.34. The highest BCUT2D eigenvalue weighted by Crippen LogP contribution is 2.28. The molecule has 0 aromatic carbocycles. The minimum absolute atomic E-state index is 0.0123. The maximum absolute atomic E-state index is 12.4. The summed E-state index contributed by atoms with van der Waals surface area (Å²) in [5.74, 6) is 1.63. The van der Waals surface area contributed by atoms with E-state index in [9.17, 15) is 4.79 Å². The summed E-state index contributed by atoms with van der Waals surface area (Å²) in [6.45, 7) is 2.89. The Morgan fingerprint density at radius 1 is 1.39 bits per heavy atom. The number of carbonyl (C=O) groups excluding carboxylic acids is 1. The van der Waals surface area contributed by atoms with Gasteiger partial charge in [0.2, 0.25) is 0 Å². The van der Waals surface area contributed by atoms with E-state index < -0.39 is 0 Å². The van der Waals surface area contributed by atoms with E-state index in [0.29, 0.717) is 12.6 Å². The lowest BCUT2D eigenvalue weighted by Gasteiger charge is -2.30. The fourth-order valence-corrected chi connectivity index (χ4v) is 3.83. The van der Waals surface area contributed by atoms with E-state index in [1.807, 2.05) is 17.8 Å². The van der Waals surface area contributed by atoms with Crippen LogP contribution < -0.4 is 10.6 Å². The van der Waals surface area contributed by atoms with Crippen molar-refractivity contribution < 1.29 is 9.53 Å². The number of carbonyl (C=O) groups is 1. The quantitative estimate of drug-likeness (QED) is 0.896. The normalized spacial score (nSPS) is 31.0. The van der Waals surface area contributed by atoms with E-state index in [1.54, 1.807) is 6.20 Å². The monoisotopic (exact) mass is 320 g/mol. The van der Waals surface area contributed by atoms with Crippen molar-refractivity contribution in [1.82, 2.24) is 20.2 Å². The third kappa shape index (κ3) is 3.86. The molecule has 6 nitrogen and oxygen atoms in total. The standard InChI is InChI=1S/C17H28N4O2/c1-3-12-5-4-6-13(11-12)19-17(22)20-14-7-10-23-15(14)16-18-8-9-21(16)2/h8-9,12-15H,3-7,10-11H2,1-2H3,(H2,19,20,22)/t12-,13+,14-,15-/m0/s1. The first-order valence-corrected chi connectivity index (χ1v) is 8.83. The van der Waals surface area contributed by atoms with Crippen molar-refractivity contribution in [2.24, 2.45) is 13.0 Å². The van der Waals surface area contributed by atoms with Crippen LogP contribution in [0.3, 0.4) is 0 Å². The Bertz CT molecular complexity index is 530. The highest BCUT2D eigenvalue weighted by Gasteiger charge is 2.34. The van der Waals surface area contributed by atoms with Gasteiger partial charge in [-0.1, -0.05) is 26.2 Å². The van der Waals surface area contributed by atoms with Crippen LogP contribution in [0.2, 0.25) is 0 Å². The van der Waals surface area contributed by atoms with Crippen molar-refractivity contribution in [2.45, 2.75) is 63.6 Å². The average molecular weight is 320 g/mol. The van der Waals surface area contributed by atoms with Crippen LogP contribution in [-0.4, -0.2) is 34.3 Å². The number of urea groups is 1. The number of hydrogen-bond acceptors (Lipinski definition) is 3. The third-order valence-corrected chi connectivity index (χ3v) is 5.22. The smallest absolute Gasteiger partial charge is 0.315 e. The van der Waals surface area contributed by atoms with Gasteiger partial charge in [-0.25, -0.2) is 9.78 Å². The number of ether oxygens (including phenoxy) is 1. The zero-order valence-corrected chi connectivity index (χ0v) is 14.1. The molecule has 1 aromatic heterocycles. The molecule has 1 saturated carbocycles. The van der Waals surface area contributed by atoms with Crippen LogP contribution in [-0.2, 0) is 11.8 Å². The molecule has 4 atom stereocenters. The van der Waals surface area contributed by atoms with Crippen LogP contribution in [0.5, 0.6) is 0 Å². The molecule has 2 N–H and O–H groups in total. The van der Waals surface area contributed by atoms with Crippen molar-refractivity contribution >= 4 is 6.03 Å². The molecule has 2 heterocycles. The largest absolute Gasteiger partial charge is 0.368 e. The van der Waals surface area contributed by atoms with E-state index >= 15 is 0 Å². The van der Waals surface area contributed by atoms with Crippen LogP contribution in [0.4, 0.5) is 4.79 Å². The average Bonchev–Trinajstić information content (AvgIpc) is 3.15. The van der Waals surface area contributed by atoms with Gasteiger partial charge in [-0.15, -0.1) is 0 Å². The number of nitrogens with one attached hydrogen (secondary N) is 2. The number of rotatable bonds is 4. The van der Waals surface area contributed by atoms with Gasteiger partial charge in [0.05, 0.1) is 6.04 Å². The molecule has 128 valence electrons. The summed E-state index contributed by atoms with van der Waals surface area (Å²) in [5.41, 5.74) is 0. The van der Waals surface area contributed by atoms with Gasteiger partial charge in [0.15, 0.2) is 0 Å². The van der Waals surface area contributed by atoms with Gasteiger partial charge in [-0.05, 0) is 25.2 Å². The molecule has 0 radical (unpaired) electrons. The minimum Gasteiger partial charge on any atom is -0.368 e. The van der Waals surface area contributed by atoms with Crippen LogP contribution in [0.1, 0.15) is 57.4 Å². The molecular formula is C17H28N4O2. The van der Waals surface area contributed by atoms with E-state index in [-0.39, 0.29) is 18.2 Å². The van der Waals surface area contributed by atoms with Gasteiger partial charge >= 0.3 is 6.03 Å². The lowest BCUT2D eigenvalue weighted by molar-refractivity contribution is 0.0906. The van der Waals surface area contributed by atoms with E-state index in [4.69, 9.17) is 4.74 Å². The zero-order chi connectivity index (χ0) is 16.2. The second-order valence-electron chi connectivity index (χ2n) is 6.84. The maximum Gasteiger partial charge on any atom is 0.315 e. The molecule has 1 aliphatic heterocycles. The summed E-state index contributed by atoms with van der Waals surface area (Å²) in [5, 5.41) is 6.25. The fraction of sp³-hybridized carbons (Fsp3) is 0.765. The molecule has 1 saturated heterocycles. The van der Waals surface area contributed by atoms with Gasteiger partial charge in [0, 0.05) is 32.1 Å². The number of aryl methyl sites for hydroxylation is 1. The number of hydrogen-bond donors (Lipinski definition) is 2. The summed E-state index contributed by atoms with van der Waals surface area (Å²) < 4.78 is 7.74. The molecule has 0 unspecified atom stereocenters. The maximum atomic E-state index is 12.4. The molecule has 0 spiro atoms. The Morgan fingerprint density at radius 2 is 2.26 bits per heavy atom. The highest BCUT2D eigenvalue weighted by atomic mass is 16.5. The number of imidazole rings is 1. The molecular weight excluding hydrogens is 292 g/mol. The lowest BCUT2D eigenvalue weighted by atomic mass is 9.84. The summed E-state index contributed by atoms with van der Waals surface area (Å²) in [7, 11) is 1.95. The lowest BCUT2D eigenvalue weighted by Crippen LogP contribution is -2.48. The van der Waals surface area contributed by atoms with Crippen LogP contribution in [0.25, 0.3) is 0 Å². The van der Waals surface area contributed by atoms with E-state index in [0.717, 1.165) is 31.0 Å². The molecule has 1 aliphatic carbocycles. The Kier molecular flexibility index (Phi) is 5.20. The van der Waals surface area contributed by atoms with Gasteiger partial charge in [0.1, 0.15) is 11.9 Å². The summed E-state index contributed by atoms with van der Waals surface area (Å²) in [4.78, 5) is 16.7. The predicted molar refractivity (Wildman–Crippen MR) is 88.0 cm³/mol. The predicted octanol–water partition coefficient (Wildman–Crippen LogP) is 2.52. The first-order valence-electron chi connectivity index (χ1n) is 8.83. The molecule has 3 rings (SSSR count). The van der Waals surface area contributed by atoms with Gasteiger partial charge in [-0.2, -0.15) is 0 Å². The summed E-state index contributed by atoms with van der Waals surface area (Å²) >= 11 is 0. The van der Waals surface area contributed by atoms with Crippen molar-refractivity contribution in [3.05, 3.63) is 18.2 Å². The van der Waals surface area contributed by atoms with E-state index in [2.05, 4.69) is 22.5 Å². The fourth-order valence-electron chi connectivity index (χ4n) is 3.83. The first kappa shape index (κ1) is 16.3. The van der Waals surface area contributed by atoms with Crippen LogP contribution in [0.15, 0.2) is 12.4 Å². The first-order chi connectivity index (χ1) is 11.2. The Hall–Kier alpha value is -1.56. The molecule has 0 bridgehead atoms. The van der Waals surface area contributed by atoms with Gasteiger partial charge in [-0.3, -0.25) is 0 Å². The molecule has 1 aromatic rings. The summed E-state index contributed by atoms with van der Waals surface area (Å²) in [6.07, 6.45) is 10.3. The molecule has 2 amide bonds. The highest BCUT2D eigenvalue weighted by molar-refractivity contribution is 5.74. The third-order valence-electron chi connectivity index (χ3n) is 5.22. The van der Waals surface area contributed by atoms with Crippen molar-refractivity contribution in [3.63, 3.8) is 0 Å². The minimum atomic E-state index is -0.157. The SMILES string of the molecule is CC[C@H]1CCC[C@@H](NC(=O)N[C@H]2CCO[C@@H]2c2nccn2C)C1. The van der Waals surface area contributed by atoms with Crippen molar-refractivity contribution in [2.75, 3.05) is 6.61 Å². The number of amides is 2. The Morgan fingerprint density at radius 3 is 3.00 bits per heavy atom. The van der Waals surface area contributed by atoms with Crippen LogP contribution >= 0.6 is 0 Å². The Labute approximate surface area is 138 Å². The summed E-state index contributed by atoms with van der Waals surface area (Å²) in [6, 6.07) is 0.228. The van der Waals surface area contributed by atoms with Crippen LogP contribution in [0, 0.1) is 5.92 Å².